The number of phosphoric ester groups is 1. The number of rotatable bonds is 3. The maximum absolute atomic E-state index is 10.4. The van der Waals surface area contributed by atoms with Gasteiger partial charge in [-0.1, -0.05) is 32.9 Å². The van der Waals surface area contributed by atoms with Crippen molar-refractivity contribution in [3.8, 4) is 0 Å². The van der Waals surface area contributed by atoms with Crippen molar-refractivity contribution in [2.24, 2.45) is 0 Å². The Hall–Kier alpha value is 5.75. The summed E-state index contributed by atoms with van der Waals surface area (Å²) in [6.45, 7) is 8.29. The van der Waals surface area contributed by atoms with Gasteiger partial charge in [0.2, 0.25) is 0 Å². The molecule has 0 unspecified atom stereocenters. The molecule has 0 bridgehead atoms. The number of phosphoric acid groups is 1. The second-order valence-electron chi connectivity index (χ2n) is 3.48. The molecule has 25 heavy (non-hydrogen) atoms. The van der Waals surface area contributed by atoms with Gasteiger partial charge < -0.3 is 23.4 Å². The van der Waals surface area contributed by atoms with Crippen LogP contribution in [0.5, 0.6) is 0 Å². The normalized spacial score (nSPS) is 8.64. The number of aromatic nitrogens is 3. The summed E-state index contributed by atoms with van der Waals surface area (Å²) < 4.78 is 25.4. The number of alkyl halides is 1. The van der Waals surface area contributed by atoms with Crippen LogP contribution in [-0.4, -0.2) is 21.7 Å². The van der Waals surface area contributed by atoms with Gasteiger partial charge in [-0.3, -0.25) is 9.37 Å². The fraction of sp³-hybridized carbons (Fsp3) is 0.417. The third-order valence-electron chi connectivity index (χ3n) is 2.15. The molecule has 7 nitrogen and oxygen atoms in total. The monoisotopic (exact) mass is 658 g/mol. The molecule has 0 aliphatic carbocycles. The van der Waals surface area contributed by atoms with E-state index < -0.39 is 7.82 Å². The maximum atomic E-state index is 10.4. The van der Waals surface area contributed by atoms with Crippen LogP contribution < -0.4 is 243 Å². The van der Waals surface area contributed by atoms with Gasteiger partial charge in [0, 0.05) is 18.2 Å². The van der Waals surface area contributed by atoms with Crippen molar-refractivity contribution in [3.63, 3.8) is 0 Å². The molecular weight excluding hydrogens is 642 g/mol. The standard InChI is InChI=1S/C9H11N3O4P.C2H6.CH3F.4Rb/c1-6-3-4-8-9(10-6)11-7(2)12(8)5-16-17(13,14)15;2*1-2;;;;/h3-5H,1-2H3,(H2,13,14,15);1-2H3;1H3;;;;/q-1;;;4*+1/p-2. The Morgan fingerprint density at radius 2 is 1.56 bits per heavy atom. The summed E-state index contributed by atoms with van der Waals surface area (Å²) in [6.07, 6.45) is 0. The molecule has 0 saturated carbocycles. The minimum atomic E-state index is -5.04. The van der Waals surface area contributed by atoms with Crippen molar-refractivity contribution in [1.82, 2.24) is 14.5 Å². The zero-order valence-corrected chi connectivity index (χ0v) is 37.1. The molecule has 2 aromatic rings. The van der Waals surface area contributed by atoms with E-state index in [-0.39, 0.29) is 233 Å². The van der Waals surface area contributed by atoms with E-state index in [9.17, 15) is 18.7 Å². The van der Waals surface area contributed by atoms with Crippen LogP contribution in [-0.2, 0) is 9.09 Å². The summed E-state index contributed by atoms with van der Waals surface area (Å²) in [5, 5.41) is 0. The van der Waals surface area contributed by atoms with Gasteiger partial charge >= 0.3 is 233 Å². The molecule has 120 valence electrons. The van der Waals surface area contributed by atoms with Crippen LogP contribution in [0.1, 0.15) is 25.4 Å². The van der Waals surface area contributed by atoms with Crippen LogP contribution in [0.2, 0.25) is 0 Å². The quantitative estimate of drug-likeness (QED) is 0.240. The van der Waals surface area contributed by atoms with Crippen LogP contribution in [0.15, 0.2) is 12.1 Å². The SMILES string of the molecule is CC.CF.Cc1ccc2c(n1)nc(C)n2[CH-]OP(=O)([O-])[O-].[Rb+].[Rb+].[Rb+].[Rb+]. The Kier molecular flexibility index (Phi) is 37.6. The summed E-state index contributed by atoms with van der Waals surface area (Å²) in [6, 6.07) is 3.47. The van der Waals surface area contributed by atoms with Crippen molar-refractivity contribution >= 4 is 19.0 Å². The summed E-state index contributed by atoms with van der Waals surface area (Å²) >= 11 is 0. The van der Waals surface area contributed by atoms with Crippen LogP contribution in [0.25, 0.3) is 11.2 Å². The van der Waals surface area contributed by atoms with E-state index in [1.165, 1.54) is 4.57 Å². The van der Waals surface area contributed by atoms with Gasteiger partial charge in [0.25, 0.3) is 0 Å². The molecule has 2 heterocycles. The van der Waals surface area contributed by atoms with E-state index in [1.54, 1.807) is 19.1 Å². The Bertz CT molecular complexity index is 628. The molecule has 0 saturated heterocycles. The first-order valence-electron chi connectivity index (χ1n) is 6.10. The number of aryl methyl sites for hydroxylation is 2. The van der Waals surface area contributed by atoms with Gasteiger partial charge in [-0.25, -0.2) is 4.98 Å². The number of fused-ring (bicyclic) bond motifs is 1. The number of pyridine rings is 1. The first-order valence-corrected chi connectivity index (χ1v) is 7.57. The van der Waals surface area contributed by atoms with E-state index in [0.29, 0.717) is 24.2 Å². The van der Waals surface area contributed by atoms with E-state index in [4.69, 9.17) is 0 Å². The number of hydrogen-bond acceptors (Lipinski definition) is 6. The molecule has 2 rings (SSSR count). The molecule has 0 fully saturated rings. The number of halogens is 1. The molecule has 0 aromatic carbocycles. The number of nitrogens with zero attached hydrogens (tertiary/aromatic N) is 3. The van der Waals surface area contributed by atoms with E-state index in [2.05, 4.69) is 14.5 Å². The Morgan fingerprint density at radius 1 is 1.08 bits per heavy atom. The van der Waals surface area contributed by atoms with Gasteiger partial charge in [-0.2, -0.15) is 0 Å². The molecular formula is C12H18FN3O4PRb4+. The van der Waals surface area contributed by atoms with Crippen molar-refractivity contribution in [2.45, 2.75) is 27.7 Å². The average molecular weight is 660 g/mol. The third kappa shape index (κ3) is 17.0. The predicted molar refractivity (Wildman–Crippen MR) is 73.8 cm³/mol. The Labute approximate surface area is 344 Å². The van der Waals surface area contributed by atoms with Crippen molar-refractivity contribution in [1.29, 1.82) is 0 Å². The van der Waals surface area contributed by atoms with Crippen molar-refractivity contribution < 1.29 is 256 Å². The van der Waals surface area contributed by atoms with Gasteiger partial charge in [0.1, 0.15) is 5.65 Å². The Balaban J connectivity index is -0.000000156. The van der Waals surface area contributed by atoms with Crippen molar-refractivity contribution in [3.05, 3.63) is 30.4 Å². The average Bonchev–Trinajstić information content (AvgIpc) is 2.75. The molecule has 2 aromatic heterocycles. The van der Waals surface area contributed by atoms with Crippen LogP contribution in [0, 0.1) is 20.6 Å². The number of hydrogen-bond donors (Lipinski definition) is 0. The first-order chi connectivity index (χ1) is 9.87. The van der Waals surface area contributed by atoms with Gasteiger partial charge in [0.15, 0.2) is 0 Å². The van der Waals surface area contributed by atoms with E-state index >= 15 is 0 Å². The van der Waals surface area contributed by atoms with Gasteiger partial charge in [0.05, 0.1) is 15.0 Å². The zero-order valence-electron chi connectivity index (χ0n) is 16.5. The van der Waals surface area contributed by atoms with E-state index in [1.807, 2.05) is 20.8 Å². The summed E-state index contributed by atoms with van der Waals surface area (Å²) in [5.74, 6) is 0.478. The molecule has 0 spiro atoms. The third-order valence-corrected chi connectivity index (χ3v) is 2.50. The fourth-order valence-electron chi connectivity index (χ4n) is 1.43. The molecule has 0 radical (unpaired) electrons. The zero-order chi connectivity index (χ0) is 16.6. The summed E-state index contributed by atoms with van der Waals surface area (Å²) in [5.41, 5.74) is 1.83. The van der Waals surface area contributed by atoms with Gasteiger partial charge in [-0.15, -0.1) is 0 Å². The minimum absolute atomic E-state index is 0. The second-order valence-corrected chi connectivity index (χ2v) is 4.59. The molecule has 0 amide bonds. The summed E-state index contributed by atoms with van der Waals surface area (Å²) in [4.78, 5) is 29.1. The Morgan fingerprint density at radius 3 is 2.00 bits per heavy atom. The fourth-order valence-corrected chi connectivity index (χ4v) is 1.64. The van der Waals surface area contributed by atoms with Crippen molar-refractivity contribution in [2.75, 3.05) is 7.18 Å². The van der Waals surface area contributed by atoms with Gasteiger partial charge in [-0.05, 0) is 12.4 Å². The molecule has 0 N–H and O–H groups in total. The predicted octanol–water partition coefficient (Wildman–Crippen LogP) is -10.5. The minimum Gasteiger partial charge on any atom is -0.790 e. The molecule has 0 aliphatic rings. The van der Waals surface area contributed by atoms with Crippen LogP contribution >= 0.6 is 7.82 Å². The molecule has 13 heteroatoms. The number of imidazole rings is 1. The van der Waals surface area contributed by atoms with Crippen LogP contribution in [0.4, 0.5) is 4.39 Å². The van der Waals surface area contributed by atoms with E-state index in [0.717, 1.165) is 12.4 Å². The first kappa shape index (κ1) is 41.0. The maximum Gasteiger partial charge on any atom is 1.00 e. The molecule has 0 atom stereocenters. The second kappa shape index (κ2) is 22.9. The van der Waals surface area contributed by atoms with Crippen LogP contribution in [0.3, 0.4) is 0 Å². The molecule has 0 aliphatic heterocycles. The topological polar surface area (TPSA) is 103 Å². The smallest absolute Gasteiger partial charge is 0.790 e. The largest absolute Gasteiger partial charge is 1.00 e. The summed E-state index contributed by atoms with van der Waals surface area (Å²) in [7, 11) is -4.54.